The van der Waals surface area contributed by atoms with Gasteiger partial charge in [-0.1, -0.05) is 6.92 Å². The summed E-state index contributed by atoms with van der Waals surface area (Å²) in [6, 6.07) is 0. The van der Waals surface area contributed by atoms with Gasteiger partial charge in [0.2, 0.25) is 0 Å². The van der Waals surface area contributed by atoms with Crippen LogP contribution in [0.25, 0.3) is 0 Å². The first-order valence-corrected chi connectivity index (χ1v) is 7.11. The van der Waals surface area contributed by atoms with Crippen LogP contribution in [0.15, 0.2) is 0 Å². The number of amides is 1. The number of hydrogen-bond donors (Lipinski definition) is 1. The van der Waals surface area contributed by atoms with Crippen molar-refractivity contribution >= 4 is 6.09 Å². The Morgan fingerprint density at radius 3 is 2.78 bits per heavy atom. The van der Waals surface area contributed by atoms with E-state index in [1.54, 1.807) is 0 Å². The Morgan fingerprint density at radius 1 is 1.44 bits per heavy atom. The minimum absolute atomic E-state index is 0.157. The third kappa shape index (κ3) is 5.71. The van der Waals surface area contributed by atoms with Crippen molar-refractivity contribution in [3.8, 4) is 0 Å². The lowest BCUT2D eigenvalue weighted by Gasteiger charge is -2.34. The monoisotopic (exact) mass is 256 g/mol. The zero-order valence-electron chi connectivity index (χ0n) is 12.3. The molecule has 1 atom stereocenters. The number of nitrogens with zero attached hydrogens (tertiary/aromatic N) is 1. The second-order valence-electron chi connectivity index (χ2n) is 6.08. The molecule has 0 bridgehead atoms. The number of rotatable bonds is 4. The second kappa shape index (κ2) is 6.98. The molecule has 0 aliphatic carbocycles. The van der Waals surface area contributed by atoms with Crippen molar-refractivity contribution in [2.75, 3.05) is 26.2 Å². The van der Waals surface area contributed by atoms with Crippen molar-refractivity contribution in [1.29, 1.82) is 0 Å². The van der Waals surface area contributed by atoms with Gasteiger partial charge in [0.05, 0.1) is 0 Å². The maximum Gasteiger partial charge on any atom is 0.410 e. The van der Waals surface area contributed by atoms with Gasteiger partial charge in [0.15, 0.2) is 0 Å². The standard InChI is InChI=1S/C14H28N2O2/c1-5-15-9-8-12-7-6-10-16(11-12)13(17)18-14(2,3)4/h12,15H,5-11H2,1-4H3. The van der Waals surface area contributed by atoms with Crippen LogP contribution in [0.5, 0.6) is 0 Å². The lowest BCUT2D eigenvalue weighted by molar-refractivity contribution is 0.0162. The van der Waals surface area contributed by atoms with Crippen LogP contribution in [0.3, 0.4) is 0 Å². The molecule has 1 aliphatic heterocycles. The quantitative estimate of drug-likeness (QED) is 0.786. The minimum atomic E-state index is -0.395. The maximum absolute atomic E-state index is 12.0. The predicted octanol–water partition coefficient (Wildman–Crippen LogP) is 2.63. The predicted molar refractivity (Wildman–Crippen MR) is 73.7 cm³/mol. The van der Waals surface area contributed by atoms with E-state index in [0.29, 0.717) is 5.92 Å². The molecule has 0 aromatic carbocycles. The Balaban J connectivity index is 2.36. The van der Waals surface area contributed by atoms with Gasteiger partial charge in [-0.05, 0) is 59.0 Å². The molecule has 4 nitrogen and oxygen atoms in total. The van der Waals surface area contributed by atoms with E-state index in [0.717, 1.165) is 39.0 Å². The van der Waals surface area contributed by atoms with E-state index in [-0.39, 0.29) is 6.09 Å². The van der Waals surface area contributed by atoms with Crippen molar-refractivity contribution < 1.29 is 9.53 Å². The van der Waals surface area contributed by atoms with Crippen LogP contribution in [-0.2, 0) is 4.74 Å². The Bertz CT molecular complexity index is 261. The van der Waals surface area contributed by atoms with Gasteiger partial charge in [0.25, 0.3) is 0 Å². The van der Waals surface area contributed by atoms with Gasteiger partial charge >= 0.3 is 6.09 Å². The van der Waals surface area contributed by atoms with Crippen LogP contribution >= 0.6 is 0 Å². The summed E-state index contributed by atoms with van der Waals surface area (Å²) in [5.41, 5.74) is -0.395. The Hall–Kier alpha value is -0.770. The van der Waals surface area contributed by atoms with E-state index in [4.69, 9.17) is 4.74 Å². The van der Waals surface area contributed by atoms with Crippen molar-refractivity contribution in [1.82, 2.24) is 10.2 Å². The zero-order chi connectivity index (χ0) is 13.6. The molecule has 0 aromatic rings. The lowest BCUT2D eigenvalue weighted by Crippen LogP contribution is -2.43. The summed E-state index contributed by atoms with van der Waals surface area (Å²) >= 11 is 0. The van der Waals surface area contributed by atoms with Gasteiger partial charge in [0.1, 0.15) is 5.60 Å². The number of piperidine rings is 1. The van der Waals surface area contributed by atoms with Gasteiger partial charge in [-0.2, -0.15) is 0 Å². The van der Waals surface area contributed by atoms with E-state index in [1.165, 1.54) is 6.42 Å². The smallest absolute Gasteiger partial charge is 0.410 e. The molecule has 1 unspecified atom stereocenters. The van der Waals surface area contributed by atoms with E-state index in [1.807, 2.05) is 25.7 Å². The van der Waals surface area contributed by atoms with Crippen molar-refractivity contribution in [2.45, 2.75) is 52.6 Å². The molecule has 0 saturated carbocycles. The van der Waals surface area contributed by atoms with Crippen LogP contribution in [0.1, 0.15) is 47.0 Å². The highest BCUT2D eigenvalue weighted by Crippen LogP contribution is 2.21. The molecule has 1 N–H and O–H groups in total. The summed E-state index contributed by atoms with van der Waals surface area (Å²) in [5.74, 6) is 0.616. The Morgan fingerprint density at radius 2 is 2.17 bits per heavy atom. The number of nitrogens with one attached hydrogen (secondary N) is 1. The SMILES string of the molecule is CCNCCC1CCCN(C(=O)OC(C)(C)C)C1. The van der Waals surface area contributed by atoms with Crippen LogP contribution in [0.4, 0.5) is 4.79 Å². The van der Waals surface area contributed by atoms with E-state index in [9.17, 15) is 4.79 Å². The summed E-state index contributed by atoms with van der Waals surface area (Å²) in [5, 5.41) is 3.34. The van der Waals surface area contributed by atoms with Crippen LogP contribution in [0, 0.1) is 5.92 Å². The highest BCUT2D eigenvalue weighted by molar-refractivity contribution is 5.68. The van der Waals surface area contributed by atoms with Crippen molar-refractivity contribution in [3.63, 3.8) is 0 Å². The third-order valence-corrected chi connectivity index (χ3v) is 3.15. The molecular formula is C14H28N2O2. The van der Waals surface area contributed by atoms with Crippen molar-refractivity contribution in [2.24, 2.45) is 5.92 Å². The number of hydrogen-bond acceptors (Lipinski definition) is 3. The highest BCUT2D eigenvalue weighted by Gasteiger charge is 2.27. The first-order chi connectivity index (χ1) is 8.42. The number of carbonyl (C=O) groups is 1. The van der Waals surface area contributed by atoms with Gasteiger partial charge in [-0.25, -0.2) is 4.79 Å². The molecule has 106 valence electrons. The molecule has 0 aromatic heterocycles. The van der Waals surface area contributed by atoms with Crippen LogP contribution in [-0.4, -0.2) is 42.8 Å². The topological polar surface area (TPSA) is 41.6 Å². The first kappa shape index (κ1) is 15.3. The largest absolute Gasteiger partial charge is 0.444 e. The first-order valence-electron chi connectivity index (χ1n) is 7.11. The van der Waals surface area contributed by atoms with Crippen LogP contribution < -0.4 is 5.32 Å². The van der Waals surface area contributed by atoms with E-state index >= 15 is 0 Å². The molecule has 18 heavy (non-hydrogen) atoms. The Labute approximate surface area is 111 Å². The molecule has 0 spiro atoms. The number of ether oxygens (including phenoxy) is 1. The summed E-state index contributed by atoms with van der Waals surface area (Å²) in [6.07, 6.45) is 3.31. The summed E-state index contributed by atoms with van der Waals surface area (Å²) < 4.78 is 5.42. The molecule has 0 radical (unpaired) electrons. The van der Waals surface area contributed by atoms with E-state index < -0.39 is 5.60 Å². The number of likely N-dealkylation sites (tertiary alicyclic amines) is 1. The molecule has 1 rings (SSSR count). The fraction of sp³-hybridized carbons (Fsp3) is 0.929. The van der Waals surface area contributed by atoms with Gasteiger partial charge in [0, 0.05) is 13.1 Å². The van der Waals surface area contributed by atoms with Crippen LogP contribution in [0.2, 0.25) is 0 Å². The van der Waals surface area contributed by atoms with Crippen molar-refractivity contribution in [3.05, 3.63) is 0 Å². The third-order valence-electron chi connectivity index (χ3n) is 3.15. The lowest BCUT2D eigenvalue weighted by atomic mass is 9.95. The Kier molecular flexibility index (Phi) is 5.93. The summed E-state index contributed by atoms with van der Waals surface area (Å²) in [4.78, 5) is 13.8. The number of carbonyl (C=O) groups excluding carboxylic acids is 1. The molecule has 1 saturated heterocycles. The van der Waals surface area contributed by atoms with Gasteiger partial charge < -0.3 is 15.0 Å². The zero-order valence-corrected chi connectivity index (χ0v) is 12.3. The van der Waals surface area contributed by atoms with E-state index in [2.05, 4.69) is 12.2 Å². The average molecular weight is 256 g/mol. The molecule has 1 aliphatic rings. The minimum Gasteiger partial charge on any atom is -0.444 e. The molecule has 1 fully saturated rings. The molecular weight excluding hydrogens is 228 g/mol. The normalized spacial score (nSPS) is 20.9. The molecule has 1 amide bonds. The second-order valence-corrected chi connectivity index (χ2v) is 6.08. The molecule has 4 heteroatoms. The van der Waals surface area contributed by atoms with Gasteiger partial charge in [-0.15, -0.1) is 0 Å². The summed E-state index contributed by atoms with van der Waals surface area (Å²) in [7, 11) is 0. The van der Waals surface area contributed by atoms with Gasteiger partial charge in [-0.3, -0.25) is 0 Å². The fourth-order valence-electron chi connectivity index (χ4n) is 2.28. The fourth-order valence-corrected chi connectivity index (χ4v) is 2.28. The summed E-state index contributed by atoms with van der Waals surface area (Å²) in [6.45, 7) is 11.6. The highest BCUT2D eigenvalue weighted by atomic mass is 16.6. The molecule has 1 heterocycles. The maximum atomic E-state index is 12.0. The average Bonchev–Trinajstić information content (AvgIpc) is 2.27.